The number of anilines is 1. The predicted octanol–water partition coefficient (Wildman–Crippen LogP) is 3.60. The van der Waals surface area contributed by atoms with Gasteiger partial charge in [-0.05, 0) is 30.9 Å². The number of rotatable bonds is 5. The minimum Gasteiger partial charge on any atom is -0.463 e. The first-order valence-corrected chi connectivity index (χ1v) is 8.79. The number of pyridine rings is 1. The van der Waals surface area contributed by atoms with E-state index in [1.54, 1.807) is 0 Å². The summed E-state index contributed by atoms with van der Waals surface area (Å²) in [6, 6.07) is 3.08. The molecule has 0 bridgehead atoms. The minimum absolute atomic E-state index is 0.0205. The van der Waals surface area contributed by atoms with Crippen molar-refractivity contribution >= 4 is 23.2 Å². The summed E-state index contributed by atoms with van der Waals surface area (Å²) in [5.41, 5.74) is -1.33. The molecule has 2 aromatic rings. The third-order valence-corrected chi connectivity index (χ3v) is 4.20. The van der Waals surface area contributed by atoms with Crippen LogP contribution < -0.4 is 10.1 Å². The quantitative estimate of drug-likeness (QED) is 0.749. The van der Waals surface area contributed by atoms with Crippen LogP contribution in [0.1, 0.15) is 29.0 Å². The van der Waals surface area contributed by atoms with Crippen molar-refractivity contribution in [3.8, 4) is 6.01 Å². The third-order valence-electron chi connectivity index (χ3n) is 4.00. The summed E-state index contributed by atoms with van der Waals surface area (Å²) in [6.07, 6.45) is -1.98. The van der Waals surface area contributed by atoms with Gasteiger partial charge in [0.1, 0.15) is 16.5 Å². The molecule has 3 heterocycles. The van der Waals surface area contributed by atoms with Crippen molar-refractivity contribution in [3.05, 3.63) is 40.9 Å². The van der Waals surface area contributed by atoms with Crippen LogP contribution in [0.5, 0.6) is 6.01 Å². The van der Waals surface area contributed by atoms with Crippen molar-refractivity contribution in [2.24, 2.45) is 5.92 Å². The monoisotopic (exact) mass is 416 g/mol. The van der Waals surface area contributed by atoms with Gasteiger partial charge in [0.2, 0.25) is 0 Å². The van der Waals surface area contributed by atoms with E-state index < -0.39 is 17.8 Å². The van der Waals surface area contributed by atoms with Gasteiger partial charge in [-0.3, -0.25) is 9.78 Å². The minimum atomic E-state index is -4.62. The largest absolute Gasteiger partial charge is 0.463 e. The highest BCUT2D eigenvalue weighted by molar-refractivity contribution is 6.29. The molecule has 1 amide bonds. The van der Waals surface area contributed by atoms with Gasteiger partial charge >= 0.3 is 12.2 Å². The fourth-order valence-corrected chi connectivity index (χ4v) is 2.72. The first-order chi connectivity index (χ1) is 13.3. The van der Waals surface area contributed by atoms with Crippen LogP contribution in [0.3, 0.4) is 0 Å². The summed E-state index contributed by atoms with van der Waals surface area (Å²) in [5, 5.41) is 2.31. The normalized spacial score (nSPS) is 15.3. The number of ether oxygens (including phenoxy) is 2. The van der Waals surface area contributed by atoms with E-state index in [4.69, 9.17) is 21.1 Å². The molecule has 1 fully saturated rings. The fourth-order valence-electron chi connectivity index (χ4n) is 2.54. The van der Waals surface area contributed by atoms with E-state index >= 15 is 0 Å². The lowest BCUT2D eigenvalue weighted by Crippen LogP contribution is -2.22. The second-order valence-electron chi connectivity index (χ2n) is 6.11. The molecule has 7 nitrogen and oxygen atoms in total. The number of nitrogens with zero attached hydrogens (tertiary/aromatic N) is 3. The van der Waals surface area contributed by atoms with Gasteiger partial charge < -0.3 is 14.8 Å². The molecule has 1 aliphatic rings. The van der Waals surface area contributed by atoms with E-state index in [9.17, 15) is 18.0 Å². The lowest BCUT2D eigenvalue weighted by Gasteiger charge is -2.21. The van der Waals surface area contributed by atoms with E-state index in [0.717, 1.165) is 25.1 Å². The number of carbonyl (C=O) groups is 1. The molecule has 0 aromatic carbocycles. The maximum absolute atomic E-state index is 12.7. The van der Waals surface area contributed by atoms with Gasteiger partial charge in [0.05, 0.1) is 6.61 Å². The van der Waals surface area contributed by atoms with Crippen molar-refractivity contribution in [2.75, 3.05) is 25.1 Å². The van der Waals surface area contributed by atoms with Crippen LogP contribution in [0.15, 0.2) is 24.4 Å². The van der Waals surface area contributed by atoms with E-state index in [1.165, 1.54) is 12.1 Å². The van der Waals surface area contributed by atoms with Crippen molar-refractivity contribution in [1.29, 1.82) is 0 Å². The summed E-state index contributed by atoms with van der Waals surface area (Å²) < 4.78 is 49.0. The Balaban J connectivity index is 1.68. The van der Waals surface area contributed by atoms with Crippen molar-refractivity contribution in [2.45, 2.75) is 19.0 Å². The van der Waals surface area contributed by atoms with Crippen LogP contribution in [-0.2, 0) is 10.9 Å². The smallest absolute Gasteiger partial charge is 0.433 e. The number of carbonyl (C=O) groups excluding carboxylic acids is 1. The fraction of sp³-hybridized carbons (Fsp3) is 0.412. The Morgan fingerprint density at radius 2 is 2.04 bits per heavy atom. The van der Waals surface area contributed by atoms with E-state index in [1.807, 2.05) is 0 Å². The molecule has 0 spiro atoms. The number of aromatic nitrogens is 3. The first-order valence-electron chi connectivity index (χ1n) is 8.41. The molecule has 1 saturated heterocycles. The zero-order chi connectivity index (χ0) is 20.1. The molecule has 1 N–H and O–H groups in total. The third kappa shape index (κ3) is 5.52. The number of halogens is 4. The highest BCUT2D eigenvalue weighted by Crippen LogP contribution is 2.29. The Bertz CT molecular complexity index is 845. The zero-order valence-electron chi connectivity index (χ0n) is 14.5. The number of alkyl halides is 3. The maximum atomic E-state index is 12.7. The molecule has 150 valence electrons. The van der Waals surface area contributed by atoms with E-state index in [0.29, 0.717) is 19.8 Å². The van der Waals surface area contributed by atoms with Gasteiger partial charge in [0, 0.05) is 31.2 Å². The summed E-state index contributed by atoms with van der Waals surface area (Å²) in [7, 11) is 0. The first kappa shape index (κ1) is 20.3. The average Bonchev–Trinajstić information content (AvgIpc) is 2.66. The molecule has 0 atom stereocenters. The van der Waals surface area contributed by atoms with Crippen molar-refractivity contribution < 1.29 is 27.4 Å². The molecule has 2 aromatic heterocycles. The Hall–Kier alpha value is -2.46. The molecular formula is C17H16ClF3N4O3. The van der Waals surface area contributed by atoms with Gasteiger partial charge in [-0.1, -0.05) is 11.6 Å². The van der Waals surface area contributed by atoms with Gasteiger partial charge in [-0.15, -0.1) is 0 Å². The van der Waals surface area contributed by atoms with Gasteiger partial charge in [-0.25, -0.2) is 0 Å². The van der Waals surface area contributed by atoms with Crippen LogP contribution >= 0.6 is 11.6 Å². The highest BCUT2D eigenvalue weighted by Gasteiger charge is 2.32. The average molecular weight is 417 g/mol. The summed E-state index contributed by atoms with van der Waals surface area (Å²) in [6.45, 7) is 1.66. The topological polar surface area (TPSA) is 86.2 Å². The van der Waals surface area contributed by atoms with Crippen molar-refractivity contribution in [3.63, 3.8) is 0 Å². The summed E-state index contributed by atoms with van der Waals surface area (Å²) in [5.74, 6) is -0.467. The Morgan fingerprint density at radius 3 is 2.75 bits per heavy atom. The standard InChI is InChI=1S/C17H16ClF3N4O3/c18-14-8-12(24-16(25-14)28-9-10-2-5-27-6-3-10)15(26)23-11-1-4-22-13(7-11)17(19,20)21/h1,4,7-8,10H,2-3,5-6,9H2,(H,22,23,26). The zero-order valence-corrected chi connectivity index (χ0v) is 15.3. The lowest BCUT2D eigenvalue weighted by atomic mass is 10.0. The Morgan fingerprint density at radius 1 is 1.29 bits per heavy atom. The molecule has 0 saturated carbocycles. The van der Waals surface area contributed by atoms with Crippen LogP contribution in [0, 0.1) is 5.92 Å². The van der Waals surface area contributed by atoms with Gasteiger partial charge in [0.15, 0.2) is 0 Å². The SMILES string of the molecule is O=C(Nc1ccnc(C(F)(F)F)c1)c1cc(Cl)nc(OCC2CCOCC2)n1. The summed E-state index contributed by atoms with van der Waals surface area (Å²) in [4.78, 5) is 23.5. The van der Waals surface area contributed by atoms with E-state index in [-0.39, 0.29) is 28.5 Å². The number of hydrogen-bond acceptors (Lipinski definition) is 6. The predicted molar refractivity (Wildman–Crippen MR) is 93.3 cm³/mol. The number of nitrogens with one attached hydrogen (secondary N) is 1. The molecule has 11 heteroatoms. The molecule has 0 radical (unpaired) electrons. The number of amides is 1. The summed E-state index contributed by atoms with van der Waals surface area (Å²) >= 11 is 5.91. The van der Waals surface area contributed by atoms with Crippen LogP contribution in [0.4, 0.5) is 18.9 Å². The molecule has 28 heavy (non-hydrogen) atoms. The molecule has 0 aliphatic carbocycles. The maximum Gasteiger partial charge on any atom is 0.433 e. The van der Waals surface area contributed by atoms with Crippen LogP contribution in [0.25, 0.3) is 0 Å². The molecule has 3 rings (SSSR count). The van der Waals surface area contributed by atoms with Crippen LogP contribution in [0.2, 0.25) is 5.15 Å². The Kier molecular flexibility index (Phi) is 6.30. The highest BCUT2D eigenvalue weighted by atomic mass is 35.5. The number of hydrogen-bond donors (Lipinski definition) is 1. The van der Waals surface area contributed by atoms with E-state index in [2.05, 4.69) is 20.3 Å². The second-order valence-corrected chi connectivity index (χ2v) is 6.49. The Labute approximate surface area is 163 Å². The van der Waals surface area contributed by atoms with Gasteiger partial charge in [0.25, 0.3) is 5.91 Å². The molecular weight excluding hydrogens is 401 g/mol. The second kappa shape index (κ2) is 8.70. The molecule has 0 unspecified atom stereocenters. The van der Waals surface area contributed by atoms with Gasteiger partial charge in [-0.2, -0.15) is 23.1 Å². The van der Waals surface area contributed by atoms with Crippen LogP contribution in [-0.4, -0.2) is 40.7 Å². The lowest BCUT2D eigenvalue weighted by molar-refractivity contribution is -0.141. The molecule has 1 aliphatic heterocycles. The van der Waals surface area contributed by atoms with Crippen molar-refractivity contribution in [1.82, 2.24) is 15.0 Å².